The highest BCUT2D eigenvalue weighted by Gasteiger charge is 2.20. The maximum absolute atomic E-state index is 12.7. The normalized spacial score (nSPS) is 14.9. The summed E-state index contributed by atoms with van der Waals surface area (Å²) in [5.41, 5.74) is 0.510. The number of piperidine rings is 1. The SMILES string of the molecule is Cc1c(Cl)cccc1S(=O)(=O)NCc1nc(N(C)C)nc(N2CCCCC2)n1. The Hall–Kier alpha value is -1.97. The minimum absolute atomic E-state index is 0.0293. The van der Waals surface area contributed by atoms with Gasteiger partial charge in [-0.2, -0.15) is 15.0 Å². The molecule has 0 amide bonds. The van der Waals surface area contributed by atoms with E-state index >= 15 is 0 Å². The molecule has 1 fully saturated rings. The van der Waals surface area contributed by atoms with Gasteiger partial charge in [0.25, 0.3) is 0 Å². The first-order valence-corrected chi connectivity index (χ1v) is 11.1. The third-order valence-corrected chi connectivity index (χ3v) is 6.58. The fraction of sp³-hybridized carbons (Fsp3) is 0.500. The van der Waals surface area contributed by atoms with Crippen molar-refractivity contribution >= 4 is 33.5 Å². The van der Waals surface area contributed by atoms with Gasteiger partial charge in [-0.05, 0) is 43.9 Å². The summed E-state index contributed by atoms with van der Waals surface area (Å²) in [7, 11) is -0.0529. The van der Waals surface area contributed by atoms with Gasteiger partial charge in [0.05, 0.1) is 11.4 Å². The second-order valence-corrected chi connectivity index (χ2v) is 9.12. The van der Waals surface area contributed by atoms with Crippen LogP contribution in [0.2, 0.25) is 5.02 Å². The van der Waals surface area contributed by atoms with Crippen molar-refractivity contribution in [2.24, 2.45) is 0 Å². The van der Waals surface area contributed by atoms with Gasteiger partial charge < -0.3 is 9.80 Å². The Morgan fingerprint density at radius 3 is 2.54 bits per heavy atom. The van der Waals surface area contributed by atoms with E-state index in [0.717, 1.165) is 25.9 Å². The van der Waals surface area contributed by atoms with E-state index in [9.17, 15) is 8.42 Å². The van der Waals surface area contributed by atoms with Gasteiger partial charge in [0.2, 0.25) is 21.9 Å². The van der Waals surface area contributed by atoms with Crippen LogP contribution in [0.5, 0.6) is 0 Å². The number of nitrogens with one attached hydrogen (secondary N) is 1. The van der Waals surface area contributed by atoms with Crippen molar-refractivity contribution in [2.45, 2.75) is 37.6 Å². The third kappa shape index (κ3) is 4.71. The van der Waals surface area contributed by atoms with E-state index in [-0.39, 0.29) is 11.4 Å². The molecule has 0 radical (unpaired) electrons. The van der Waals surface area contributed by atoms with Crippen molar-refractivity contribution in [1.29, 1.82) is 0 Å². The standard InChI is InChI=1S/C18H25ClN6O2S/c1-13-14(19)8-7-9-15(13)28(26,27)20-12-16-21-17(24(2)3)23-18(22-16)25-10-5-4-6-11-25/h7-9,20H,4-6,10-12H2,1-3H3. The van der Waals surface area contributed by atoms with Crippen LogP contribution < -0.4 is 14.5 Å². The van der Waals surface area contributed by atoms with Crippen molar-refractivity contribution in [2.75, 3.05) is 37.0 Å². The number of aromatic nitrogens is 3. The number of benzene rings is 1. The lowest BCUT2D eigenvalue weighted by Crippen LogP contribution is -2.33. The number of nitrogens with zero attached hydrogens (tertiary/aromatic N) is 5. The van der Waals surface area contributed by atoms with E-state index in [4.69, 9.17) is 11.6 Å². The molecule has 10 heteroatoms. The molecule has 1 aromatic heterocycles. The molecule has 3 rings (SSSR count). The molecule has 0 spiro atoms. The average molecular weight is 425 g/mol. The van der Waals surface area contributed by atoms with E-state index < -0.39 is 10.0 Å². The Bertz CT molecular complexity index is 945. The van der Waals surface area contributed by atoms with Gasteiger partial charge in [-0.15, -0.1) is 0 Å². The molecule has 2 heterocycles. The first-order chi connectivity index (χ1) is 13.3. The molecule has 1 aliphatic rings. The average Bonchev–Trinajstić information content (AvgIpc) is 2.69. The molecular formula is C18H25ClN6O2S. The Morgan fingerprint density at radius 2 is 1.86 bits per heavy atom. The molecule has 152 valence electrons. The van der Waals surface area contributed by atoms with Crippen LogP contribution in [-0.4, -0.2) is 50.6 Å². The number of rotatable bonds is 6. The van der Waals surface area contributed by atoms with Gasteiger partial charge in [0.15, 0.2) is 5.82 Å². The molecule has 28 heavy (non-hydrogen) atoms. The van der Waals surface area contributed by atoms with Gasteiger partial charge in [-0.3, -0.25) is 0 Å². The Labute approximate surface area is 171 Å². The van der Waals surface area contributed by atoms with Crippen LogP contribution in [0.15, 0.2) is 23.1 Å². The number of sulfonamides is 1. The van der Waals surface area contributed by atoms with Crippen molar-refractivity contribution in [1.82, 2.24) is 19.7 Å². The van der Waals surface area contributed by atoms with Gasteiger partial charge >= 0.3 is 0 Å². The number of anilines is 2. The second kappa shape index (κ2) is 8.59. The van der Waals surface area contributed by atoms with Crippen LogP contribution in [-0.2, 0) is 16.6 Å². The molecular weight excluding hydrogens is 400 g/mol. The highest BCUT2D eigenvalue weighted by Crippen LogP contribution is 2.23. The highest BCUT2D eigenvalue weighted by molar-refractivity contribution is 7.89. The third-order valence-electron chi connectivity index (χ3n) is 4.62. The molecule has 8 nitrogen and oxygen atoms in total. The van der Waals surface area contributed by atoms with Crippen LogP contribution in [0.1, 0.15) is 30.7 Å². The zero-order valence-electron chi connectivity index (χ0n) is 16.3. The quantitative estimate of drug-likeness (QED) is 0.760. The lowest BCUT2D eigenvalue weighted by Gasteiger charge is -2.27. The van der Waals surface area contributed by atoms with E-state index in [2.05, 4.69) is 24.6 Å². The van der Waals surface area contributed by atoms with Crippen LogP contribution in [0.3, 0.4) is 0 Å². The summed E-state index contributed by atoms with van der Waals surface area (Å²) in [6, 6.07) is 4.81. The maximum Gasteiger partial charge on any atom is 0.241 e. The van der Waals surface area contributed by atoms with Crippen molar-refractivity contribution < 1.29 is 8.42 Å². The lowest BCUT2D eigenvalue weighted by atomic mass is 10.1. The topological polar surface area (TPSA) is 91.3 Å². The minimum atomic E-state index is -3.74. The summed E-state index contributed by atoms with van der Waals surface area (Å²) in [4.78, 5) is 17.5. The molecule has 1 aromatic carbocycles. The zero-order valence-corrected chi connectivity index (χ0v) is 17.9. The van der Waals surface area contributed by atoms with Gasteiger partial charge in [-0.1, -0.05) is 17.7 Å². The van der Waals surface area contributed by atoms with E-state index in [1.807, 2.05) is 14.1 Å². The zero-order chi connectivity index (χ0) is 20.3. The number of hydrogen-bond donors (Lipinski definition) is 1. The summed E-state index contributed by atoms with van der Waals surface area (Å²) in [6.07, 6.45) is 3.39. The first-order valence-electron chi connectivity index (χ1n) is 9.20. The number of halogens is 1. The smallest absolute Gasteiger partial charge is 0.241 e. The van der Waals surface area contributed by atoms with Gasteiger partial charge in [0.1, 0.15) is 0 Å². The molecule has 0 saturated carbocycles. The Balaban J connectivity index is 1.85. The van der Waals surface area contributed by atoms with E-state index in [1.165, 1.54) is 12.5 Å². The van der Waals surface area contributed by atoms with Gasteiger partial charge in [-0.25, -0.2) is 13.1 Å². The molecule has 1 aliphatic heterocycles. The van der Waals surface area contributed by atoms with Crippen LogP contribution >= 0.6 is 11.6 Å². The monoisotopic (exact) mass is 424 g/mol. The molecule has 0 aliphatic carbocycles. The maximum atomic E-state index is 12.7. The predicted molar refractivity (Wildman–Crippen MR) is 110 cm³/mol. The van der Waals surface area contributed by atoms with Crippen molar-refractivity contribution in [3.63, 3.8) is 0 Å². The summed E-state index contributed by atoms with van der Waals surface area (Å²) in [5, 5.41) is 0.408. The fourth-order valence-corrected chi connectivity index (χ4v) is 4.50. The summed E-state index contributed by atoms with van der Waals surface area (Å²) in [6.45, 7) is 3.43. The summed E-state index contributed by atoms with van der Waals surface area (Å²) >= 11 is 6.06. The molecule has 0 bridgehead atoms. The number of hydrogen-bond acceptors (Lipinski definition) is 7. The molecule has 1 N–H and O–H groups in total. The van der Waals surface area contributed by atoms with Crippen LogP contribution in [0, 0.1) is 6.92 Å². The minimum Gasteiger partial charge on any atom is -0.347 e. The first kappa shape index (κ1) is 20.8. The second-order valence-electron chi connectivity index (χ2n) is 6.98. The lowest BCUT2D eigenvalue weighted by molar-refractivity contribution is 0.563. The summed E-state index contributed by atoms with van der Waals surface area (Å²) < 4.78 is 28.0. The molecule has 1 saturated heterocycles. The fourth-order valence-electron chi connectivity index (χ4n) is 3.03. The van der Waals surface area contributed by atoms with Crippen LogP contribution in [0.4, 0.5) is 11.9 Å². The van der Waals surface area contributed by atoms with Crippen molar-refractivity contribution in [3.8, 4) is 0 Å². The van der Waals surface area contributed by atoms with Crippen LogP contribution in [0.25, 0.3) is 0 Å². The molecule has 0 atom stereocenters. The largest absolute Gasteiger partial charge is 0.347 e. The predicted octanol–water partition coefficient (Wildman–Crippen LogP) is 2.37. The van der Waals surface area contributed by atoms with Gasteiger partial charge in [0, 0.05) is 32.2 Å². The molecule has 2 aromatic rings. The molecule has 0 unspecified atom stereocenters. The summed E-state index contributed by atoms with van der Waals surface area (Å²) in [5.74, 6) is 1.47. The Kier molecular flexibility index (Phi) is 6.36. The Morgan fingerprint density at radius 1 is 1.14 bits per heavy atom. The van der Waals surface area contributed by atoms with E-state index in [0.29, 0.717) is 28.3 Å². The van der Waals surface area contributed by atoms with Crippen molar-refractivity contribution in [3.05, 3.63) is 34.6 Å². The highest BCUT2D eigenvalue weighted by atomic mass is 35.5. The van der Waals surface area contributed by atoms with E-state index in [1.54, 1.807) is 24.0 Å².